The molecule has 0 aliphatic rings. The Kier molecular flexibility index (Phi) is 4.31. The number of alkyl halides is 1. The summed E-state index contributed by atoms with van der Waals surface area (Å²) in [5, 5.41) is 0.613. The number of hydrogen-bond donors (Lipinski definition) is 0. The summed E-state index contributed by atoms with van der Waals surface area (Å²) in [5.74, 6) is 0.650. The molecule has 1 aromatic carbocycles. The van der Waals surface area contributed by atoms with Gasteiger partial charge in [-0.25, -0.2) is 9.37 Å². The van der Waals surface area contributed by atoms with Crippen LogP contribution < -0.4 is 5.56 Å². The van der Waals surface area contributed by atoms with E-state index in [1.54, 1.807) is 0 Å². The number of nitrogens with zero attached hydrogens (tertiary/aromatic N) is 2. The average Bonchev–Trinajstić information content (AvgIpc) is 2.87. The molecule has 5 heteroatoms. The van der Waals surface area contributed by atoms with Crippen LogP contribution in [-0.2, 0) is 13.0 Å². The Morgan fingerprint density at radius 2 is 1.91 bits per heavy atom. The lowest BCUT2D eigenvalue weighted by Crippen LogP contribution is -2.25. The summed E-state index contributed by atoms with van der Waals surface area (Å²) in [7, 11) is 0. The standard InChI is InChI=1S/C18H19FN2OS/c1-4-14-20-17-16(18(22)21(14)10-9-19)15(12(3)23-17)13-7-5-11(2)6-8-13/h5-8H,4,9-10H2,1-3H3. The van der Waals surface area contributed by atoms with Crippen LogP contribution in [0.1, 0.15) is 23.2 Å². The molecule has 0 atom stereocenters. The molecule has 0 radical (unpaired) electrons. The number of rotatable bonds is 4. The minimum Gasteiger partial charge on any atom is -0.293 e. The quantitative estimate of drug-likeness (QED) is 0.716. The molecule has 0 spiro atoms. The summed E-state index contributed by atoms with van der Waals surface area (Å²) in [6.45, 7) is 5.47. The predicted molar refractivity (Wildman–Crippen MR) is 94.1 cm³/mol. The van der Waals surface area contributed by atoms with Crippen LogP contribution in [0, 0.1) is 13.8 Å². The Bertz CT molecular complexity index is 909. The van der Waals surface area contributed by atoms with Gasteiger partial charge in [-0.05, 0) is 19.4 Å². The fraction of sp³-hybridized carbons (Fsp3) is 0.333. The summed E-state index contributed by atoms with van der Waals surface area (Å²) >= 11 is 1.53. The summed E-state index contributed by atoms with van der Waals surface area (Å²) < 4.78 is 14.3. The SMILES string of the molecule is CCc1nc2sc(C)c(-c3ccc(C)cc3)c2c(=O)n1CCF. The number of hydrogen-bond acceptors (Lipinski definition) is 3. The normalized spacial score (nSPS) is 11.3. The highest BCUT2D eigenvalue weighted by Gasteiger charge is 2.19. The van der Waals surface area contributed by atoms with Gasteiger partial charge in [-0.3, -0.25) is 9.36 Å². The number of aryl methyl sites for hydroxylation is 3. The Hall–Kier alpha value is -2.01. The summed E-state index contributed by atoms with van der Waals surface area (Å²) in [6, 6.07) is 8.12. The lowest BCUT2D eigenvalue weighted by atomic mass is 10.0. The van der Waals surface area contributed by atoms with E-state index >= 15 is 0 Å². The second-order valence-corrected chi connectivity index (χ2v) is 6.81. The van der Waals surface area contributed by atoms with E-state index in [1.807, 2.05) is 45.0 Å². The fourth-order valence-corrected chi connectivity index (χ4v) is 3.94. The zero-order valence-corrected chi connectivity index (χ0v) is 14.3. The summed E-state index contributed by atoms with van der Waals surface area (Å²) in [4.78, 5) is 19.4. The first-order valence-electron chi connectivity index (χ1n) is 7.72. The van der Waals surface area contributed by atoms with E-state index < -0.39 is 6.67 Å². The highest BCUT2D eigenvalue weighted by atomic mass is 32.1. The number of fused-ring (bicyclic) bond motifs is 1. The van der Waals surface area contributed by atoms with Crippen LogP contribution in [0.5, 0.6) is 0 Å². The van der Waals surface area contributed by atoms with E-state index in [-0.39, 0.29) is 12.1 Å². The first-order chi connectivity index (χ1) is 11.1. The number of halogens is 1. The number of aromatic nitrogens is 2. The Labute approximate surface area is 138 Å². The van der Waals surface area contributed by atoms with Gasteiger partial charge < -0.3 is 0 Å². The van der Waals surface area contributed by atoms with Gasteiger partial charge >= 0.3 is 0 Å². The van der Waals surface area contributed by atoms with Gasteiger partial charge in [0.2, 0.25) is 0 Å². The third-order valence-corrected chi connectivity index (χ3v) is 5.03. The van der Waals surface area contributed by atoms with Crippen LogP contribution in [-0.4, -0.2) is 16.2 Å². The number of thiophene rings is 1. The molecule has 0 aliphatic carbocycles. The van der Waals surface area contributed by atoms with Gasteiger partial charge in [0, 0.05) is 16.9 Å². The molecule has 0 aliphatic heterocycles. The maximum Gasteiger partial charge on any atom is 0.263 e. The monoisotopic (exact) mass is 330 g/mol. The predicted octanol–water partition coefficient (Wildman–Crippen LogP) is 4.27. The van der Waals surface area contributed by atoms with Gasteiger partial charge in [-0.1, -0.05) is 36.8 Å². The molecule has 0 bridgehead atoms. The molecule has 0 unspecified atom stereocenters. The second-order valence-electron chi connectivity index (χ2n) is 5.61. The molecule has 2 aromatic heterocycles. The lowest BCUT2D eigenvalue weighted by molar-refractivity contribution is 0.432. The van der Waals surface area contributed by atoms with Gasteiger partial charge in [0.1, 0.15) is 17.3 Å². The zero-order chi connectivity index (χ0) is 16.6. The molecule has 23 heavy (non-hydrogen) atoms. The Balaban J connectivity index is 2.35. The van der Waals surface area contributed by atoms with Crippen molar-refractivity contribution >= 4 is 21.6 Å². The third kappa shape index (κ3) is 2.70. The number of benzene rings is 1. The Morgan fingerprint density at radius 1 is 1.22 bits per heavy atom. The maximum absolute atomic E-state index is 12.9. The third-order valence-electron chi connectivity index (χ3n) is 4.03. The lowest BCUT2D eigenvalue weighted by Gasteiger charge is -2.10. The zero-order valence-electron chi connectivity index (χ0n) is 13.5. The van der Waals surface area contributed by atoms with E-state index in [1.165, 1.54) is 21.5 Å². The van der Waals surface area contributed by atoms with Crippen LogP contribution >= 0.6 is 11.3 Å². The van der Waals surface area contributed by atoms with E-state index in [2.05, 4.69) is 4.98 Å². The van der Waals surface area contributed by atoms with Crippen molar-refractivity contribution in [3.05, 3.63) is 50.9 Å². The van der Waals surface area contributed by atoms with Gasteiger partial charge in [0.05, 0.1) is 11.9 Å². The molecule has 2 heterocycles. The Morgan fingerprint density at radius 3 is 2.52 bits per heavy atom. The highest BCUT2D eigenvalue weighted by molar-refractivity contribution is 7.19. The van der Waals surface area contributed by atoms with Crippen LogP contribution in [0.4, 0.5) is 4.39 Å². The van der Waals surface area contributed by atoms with Gasteiger partial charge in [0.15, 0.2) is 0 Å². The molecule has 0 saturated carbocycles. The first kappa shape index (κ1) is 15.9. The second kappa shape index (κ2) is 6.24. The van der Waals surface area contributed by atoms with Gasteiger partial charge in [-0.2, -0.15) is 0 Å². The van der Waals surface area contributed by atoms with Crippen molar-refractivity contribution in [3.8, 4) is 11.1 Å². The minimum absolute atomic E-state index is 0.0627. The topological polar surface area (TPSA) is 34.9 Å². The summed E-state index contributed by atoms with van der Waals surface area (Å²) in [6.07, 6.45) is 0.613. The van der Waals surface area contributed by atoms with E-state index in [4.69, 9.17) is 0 Å². The van der Waals surface area contributed by atoms with Crippen LogP contribution in [0.3, 0.4) is 0 Å². The molecule has 3 nitrogen and oxygen atoms in total. The van der Waals surface area contributed by atoms with Crippen molar-refractivity contribution in [3.63, 3.8) is 0 Å². The molecule has 0 N–H and O–H groups in total. The molecule has 3 aromatic rings. The molecule has 0 amide bonds. The van der Waals surface area contributed by atoms with Crippen molar-refractivity contribution in [1.82, 2.24) is 9.55 Å². The van der Waals surface area contributed by atoms with E-state index in [9.17, 15) is 9.18 Å². The smallest absolute Gasteiger partial charge is 0.263 e. The molecule has 120 valence electrons. The van der Waals surface area contributed by atoms with Crippen molar-refractivity contribution in [2.75, 3.05) is 6.67 Å². The van der Waals surface area contributed by atoms with Gasteiger partial charge in [0.25, 0.3) is 5.56 Å². The highest BCUT2D eigenvalue weighted by Crippen LogP contribution is 2.35. The largest absolute Gasteiger partial charge is 0.293 e. The van der Waals surface area contributed by atoms with Crippen molar-refractivity contribution in [1.29, 1.82) is 0 Å². The van der Waals surface area contributed by atoms with Crippen LogP contribution in [0.2, 0.25) is 0 Å². The van der Waals surface area contributed by atoms with Crippen LogP contribution in [0.25, 0.3) is 21.3 Å². The van der Waals surface area contributed by atoms with Crippen molar-refractivity contribution in [2.24, 2.45) is 0 Å². The van der Waals surface area contributed by atoms with Crippen molar-refractivity contribution in [2.45, 2.75) is 33.7 Å². The van der Waals surface area contributed by atoms with E-state index in [0.717, 1.165) is 20.8 Å². The van der Waals surface area contributed by atoms with Crippen LogP contribution in [0.15, 0.2) is 29.1 Å². The summed E-state index contributed by atoms with van der Waals surface area (Å²) in [5.41, 5.74) is 2.98. The van der Waals surface area contributed by atoms with E-state index in [0.29, 0.717) is 17.6 Å². The first-order valence-corrected chi connectivity index (χ1v) is 8.54. The minimum atomic E-state index is -0.566. The fourth-order valence-electron chi connectivity index (χ4n) is 2.89. The average molecular weight is 330 g/mol. The molecular formula is C18H19FN2OS. The molecular weight excluding hydrogens is 311 g/mol. The maximum atomic E-state index is 12.9. The van der Waals surface area contributed by atoms with Crippen molar-refractivity contribution < 1.29 is 4.39 Å². The molecule has 3 rings (SSSR count). The molecule has 0 fully saturated rings. The molecule has 0 saturated heterocycles. The van der Waals surface area contributed by atoms with Gasteiger partial charge in [-0.15, -0.1) is 11.3 Å².